The smallest absolute Gasteiger partial charge is 0.323 e. The maximum Gasteiger partial charge on any atom is 0.323 e. The van der Waals surface area contributed by atoms with Gasteiger partial charge in [0, 0.05) is 24.7 Å². The Morgan fingerprint density at radius 3 is 1.15 bits per heavy atom. The average molecular weight is 975 g/mol. The van der Waals surface area contributed by atoms with Crippen molar-refractivity contribution in [3.63, 3.8) is 0 Å². The molecule has 10 rings (SSSR count). The van der Waals surface area contributed by atoms with Crippen molar-refractivity contribution in [1.29, 1.82) is 0 Å². The van der Waals surface area contributed by atoms with Gasteiger partial charge in [0.2, 0.25) is 0 Å². The van der Waals surface area contributed by atoms with E-state index in [1.54, 1.807) is 13.8 Å². The van der Waals surface area contributed by atoms with Crippen LogP contribution in [0, 0.1) is 88.7 Å². The Hall–Kier alpha value is -2.96. The lowest BCUT2D eigenvalue weighted by molar-refractivity contribution is -0.198. The molecule has 0 amide bonds. The molecule has 0 spiro atoms. The standard InChI is InChI=1S/C64H94O7/c1-39(65)69-49-23-25-57(11)45(55(49,7)8)21-27-61(15)47(57)19-17-41-43-37-53(3,4)29-33-63(43,35-31-59(41,61)13)51(67)71-52(68)64-34-30-54(5,6)38-44(64)42-18-20-48-58(12)26-24-50(70-40(2)66)56(9,10)46(58)22-28-62(48,16)60(42,14)32-36-64/h17-20,45-50H,21-38H2,1-16H3/t45?,46?,47?,48?,49-,50-,57+,58+,59-,60-,61-,62-,63+,64?/m1/s1. The molecule has 5 unspecified atom stereocenters. The highest BCUT2D eigenvalue weighted by Crippen LogP contribution is 2.77. The average Bonchev–Trinajstić information content (AvgIpc) is 3.25. The first-order valence-electron chi connectivity index (χ1n) is 28.7. The van der Waals surface area contributed by atoms with Crippen LogP contribution in [0.3, 0.4) is 0 Å². The molecule has 6 fully saturated rings. The predicted octanol–water partition coefficient (Wildman–Crippen LogP) is 15.4. The number of ether oxygens (including phenoxy) is 3. The van der Waals surface area contributed by atoms with Gasteiger partial charge in [-0.25, -0.2) is 0 Å². The van der Waals surface area contributed by atoms with Crippen LogP contribution in [-0.4, -0.2) is 36.1 Å². The van der Waals surface area contributed by atoms with E-state index >= 15 is 9.59 Å². The Labute approximate surface area is 429 Å². The van der Waals surface area contributed by atoms with Crippen molar-refractivity contribution in [3.8, 4) is 0 Å². The maximum atomic E-state index is 15.7. The van der Waals surface area contributed by atoms with E-state index in [1.165, 1.54) is 22.3 Å². The summed E-state index contributed by atoms with van der Waals surface area (Å²) in [6, 6.07) is 0. The third kappa shape index (κ3) is 6.88. The molecule has 0 heterocycles. The SMILES string of the molecule is CC(=O)O[C@@H]1CC[C@@]2(C)C(CC[C@]3(C)C2C=CC2=C4CC(C)(C)CCC4(C(=O)OC(=O)[C@]45CCC(C)(C)CC4=C4C=CC6[C@@]7(C)CC[C@@H](OC(C)=O)C(C)(C)C7CC[C@@]6(C)[C@]4(C)CC5)CC[C@]23C)C1(C)C. The minimum Gasteiger partial charge on any atom is -0.462 e. The molecule has 0 bridgehead atoms. The zero-order chi connectivity index (χ0) is 51.8. The molecule has 0 radical (unpaired) electrons. The van der Waals surface area contributed by atoms with Crippen LogP contribution in [0.5, 0.6) is 0 Å². The van der Waals surface area contributed by atoms with Crippen molar-refractivity contribution >= 4 is 23.9 Å². The van der Waals surface area contributed by atoms with E-state index in [9.17, 15) is 9.59 Å². The Morgan fingerprint density at radius 2 is 0.803 bits per heavy atom. The second-order valence-electron chi connectivity index (χ2n) is 30.6. The fraction of sp³-hybridized carbons (Fsp3) is 0.812. The lowest BCUT2D eigenvalue weighted by Crippen LogP contribution is -2.63. The summed E-state index contributed by atoms with van der Waals surface area (Å²) in [5.41, 5.74) is 3.16. The summed E-state index contributed by atoms with van der Waals surface area (Å²) >= 11 is 0. The van der Waals surface area contributed by atoms with Gasteiger partial charge in [-0.2, -0.15) is 0 Å². The lowest BCUT2D eigenvalue weighted by Gasteiger charge is -2.69. The monoisotopic (exact) mass is 975 g/mol. The van der Waals surface area contributed by atoms with Crippen LogP contribution in [0.1, 0.15) is 226 Å². The van der Waals surface area contributed by atoms with Gasteiger partial charge in [0.1, 0.15) is 12.2 Å². The predicted molar refractivity (Wildman–Crippen MR) is 280 cm³/mol. The van der Waals surface area contributed by atoms with Gasteiger partial charge in [0.25, 0.3) is 0 Å². The number of carbonyl (C=O) groups excluding carboxylic acids is 4. The highest BCUT2D eigenvalue weighted by molar-refractivity contribution is 5.95. The van der Waals surface area contributed by atoms with E-state index in [-0.39, 0.29) is 90.2 Å². The molecule has 6 saturated carbocycles. The Bertz CT molecular complexity index is 2280. The Kier molecular flexibility index (Phi) is 11.5. The van der Waals surface area contributed by atoms with Crippen molar-refractivity contribution in [1.82, 2.24) is 0 Å². The number of hydrogen-bond acceptors (Lipinski definition) is 7. The summed E-state index contributed by atoms with van der Waals surface area (Å²) < 4.78 is 18.7. The molecule has 71 heavy (non-hydrogen) atoms. The van der Waals surface area contributed by atoms with Gasteiger partial charge in [-0.15, -0.1) is 0 Å². The molecular weight excluding hydrogens is 881 g/mol. The van der Waals surface area contributed by atoms with E-state index in [0.29, 0.717) is 49.4 Å². The van der Waals surface area contributed by atoms with Crippen LogP contribution in [0.2, 0.25) is 0 Å². The van der Waals surface area contributed by atoms with E-state index in [2.05, 4.69) is 121 Å². The summed E-state index contributed by atoms with van der Waals surface area (Å²) in [5, 5.41) is 0. The van der Waals surface area contributed by atoms with Gasteiger partial charge in [0.05, 0.1) is 10.8 Å². The summed E-state index contributed by atoms with van der Waals surface area (Å²) in [5.74, 6) is 0.626. The Morgan fingerprint density at radius 1 is 0.451 bits per heavy atom. The Balaban J connectivity index is 0.996. The summed E-state index contributed by atoms with van der Waals surface area (Å²) in [4.78, 5) is 55.9. The maximum absolute atomic E-state index is 15.7. The number of rotatable bonds is 4. The first-order valence-corrected chi connectivity index (χ1v) is 28.7. The number of esters is 4. The zero-order valence-electron chi connectivity index (χ0n) is 47.4. The van der Waals surface area contributed by atoms with Gasteiger partial charge < -0.3 is 14.2 Å². The van der Waals surface area contributed by atoms with Crippen molar-refractivity contribution < 1.29 is 33.4 Å². The fourth-order valence-corrected chi connectivity index (χ4v) is 20.9. The number of carbonyl (C=O) groups is 4. The minimum atomic E-state index is -0.818. The first-order chi connectivity index (χ1) is 32.7. The third-order valence-electron chi connectivity index (χ3n) is 25.5. The summed E-state index contributed by atoms with van der Waals surface area (Å²) in [6.07, 6.45) is 26.2. The zero-order valence-corrected chi connectivity index (χ0v) is 47.4. The fourth-order valence-electron chi connectivity index (χ4n) is 20.9. The van der Waals surface area contributed by atoms with Crippen LogP contribution >= 0.6 is 0 Å². The quantitative estimate of drug-likeness (QED) is 0.157. The molecule has 7 heteroatoms. The molecule has 0 aromatic heterocycles. The van der Waals surface area contributed by atoms with Crippen molar-refractivity contribution in [2.45, 2.75) is 239 Å². The molecular formula is C64H94O7. The second kappa shape index (κ2) is 15.8. The molecule has 0 aliphatic heterocycles. The van der Waals surface area contributed by atoms with Gasteiger partial charge in [0.15, 0.2) is 0 Å². The van der Waals surface area contributed by atoms with Crippen LogP contribution in [-0.2, 0) is 33.4 Å². The van der Waals surface area contributed by atoms with Crippen molar-refractivity contribution in [3.05, 3.63) is 46.6 Å². The van der Waals surface area contributed by atoms with Gasteiger partial charge in [-0.05, 0) is 205 Å². The third-order valence-corrected chi connectivity index (χ3v) is 25.5. The molecule has 14 atom stereocenters. The molecule has 0 aromatic carbocycles. The van der Waals surface area contributed by atoms with E-state index in [4.69, 9.17) is 14.2 Å². The molecule has 0 saturated heterocycles. The largest absolute Gasteiger partial charge is 0.462 e. The molecule has 10 aliphatic rings. The summed E-state index contributed by atoms with van der Waals surface area (Å²) in [6.45, 7) is 37.2. The molecule has 392 valence electrons. The summed E-state index contributed by atoms with van der Waals surface area (Å²) in [7, 11) is 0. The van der Waals surface area contributed by atoms with Crippen LogP contribution in [0.4, 0.5) is 0 Å². The first kappa shape index (κ1) is 51.5. The number of hydrogen-bond donors (Lipinski definition) is 0. The molecule has 0 aromatic rings. The number of fused-ring (bicyclic) bond motifs is 12. The highest BCUT2D eigenvalue weighted by Gasteiger charge is 2.71. The van der Waals surface area contributed by atoms with Gasteiger partial charge in [-0.1, -0.05) is 121 Å². The number of allylic oxidation sites excluding steroid dienone is 6. The second-order valence-corrected chi connectivity index (χ2v) is 30.6. The van der Waals surface area contributed by atoms with E-state index in [0.717, 1.165) is 89.9 Å². The topological polar surface area (TPSA) is 96.0 Å². The van der Waals surface area contributed by atoms with Gasteiger partial charge >= 0.3 is 23.9 Å². The highest BCUT2D eigenvalue weighted by atomic mass is 16.6. The van der Waals surface area contributed by atoms with Crippen LogP contribution in [0.15, 0.2) is 46.6 Å². The van der Waals surface area contributed by atoms with Crippen molar-refractivity contribution in [2.75, 3.05) is 0 Å². The van der Waals surface area contributed by atoms with Gasteiger partial charge in [-0.3, -0.25) is 19.2 Å². The molecule has 0 N–H and O–H groups in total. The van der Waals surface area contributed by atoms with E-state index in [1.807, 2.05) is 0 Å². The normalized spacial score (nSPS) is 47.3. The van der Waals surface area contributed by atoms with Crippen LogP contribution in [0.25, 0.3) is 0 Å². The van der Waals surface area contributed by atoms with E-state index < -0.39 is 10.8 Å². The lowest BCUT2D eigenvalue weighted by atomic mass is 9.35. The van der Waals surface area contributed by atoms with Crippen molar-refractivity contribution in [2.24, 2.45) is 88.7 Å². The minimum absolute atomic E-state index is 0.0177. The molecule has 10 aliphatic carbocycles. The molecule has 7 nitrogen and oxygen atoms in total. The van der Waals surface area contributed by atoms with Crippen LogP contribution < -0.4 is 0 Å².